The summed E-state index contributed by atoms with van der Waals surface area (Å²) in [6, 6.07) is 5.93. The molecule has 2 aromatic heterocycles. The molecule has 10 heteroatoms. The maximum absolute atomic E-state index is 12.0. The number of hydrogen-bond donors (Lipinski definition) is 2. The number of carbonyl (C=O) groups excluding carboxylic acids is 1. The zero-order chi connectivity index (χ0) is 22.4. The van der Waals surface area contributed by atoms with Crippen molar-refractivity contribution >= 4 is 49.5 Å². The van der Waals surface area contributed by atoms with Crippen molar-refractivity contribution in [2.24, 2.45) is 5.92 Å². The molecule has 3 aromatic rings. The van der Waals surface area contributed by atoms with Crippen molar-refractivity contribution in [3.8, 4) is 0 Å². The van der Waals surface area contributed by atoms with Crippen LogP contribution in [0.1, 0.15) is 37.8 Å². The van der Waals surface area contributed by atoms with Gasteiger partial charge in [0.1, 0.15) is 11.1 Å². The number of nitrogens with one attached hydrogen (secondary N) is 1. The molecule has 31 heavy (non-hydrogen) atoms. The van der Waals surface area contributed by atoms with Gasteiger partial charge in [-0.1, -0.05) is 46.8 Å². The largest absolute Gasteiger partial charge is 0.450 e. The number of benzene rings is 1. The fourth-order valence-electron chi connectivity index (χ4n) is 3.28. The van der Waals surface area contributed by atoms with Crippen LogP contribution in [0.5, 0.6) is 0 Å². The lowest BCUT2D eigenvalue weighted by atomic mass is 10.0. The summed E-state index contributed by atoms with van der Waals surface area (Å²) in [4.78, 5) is 24.7. The van der Waals surface area contributed by atoms with Crippen LogP contribution < -0.4 is 16.6 Å². The molecule has 0 saturated heterocycles. The number of ether oxygens (including phenoxy) is 1. The highest BCUT2D eigenvalue weighted by Crippen LogP contribution is 2.19. The topological polar surface area (TPSA) is 108 Å². The van der Waals surface area contributed by atoms with Gasteiger partial charge in [0.2, 0.25) is 0 Å². The van der Waals surface area contributed by atoms with E-state index in [2.05, 4.69) is 43.4 Å². The van der Waals surface area contributed by atoms with Gasteiger partial charge in [-0.25, -0.2) is 19.7 Å². The van der Waals surface area contributed by atoms with Crippen LogP contribution in [0.3, 0.4) is 0 Å². The summed E-state index contributed by atoms with van der Waals surface area (Å²) in [5, 5.41) is 3.40. The van der Waals surface area contributed by atoms with Crippen LogP contribution in [0, 0.1) is 5.92 Å². The number of aromatic nitrogens is 4. The summed E-state index contributed by atoms with van der Waals surface area (Å²) >= 11 is 6.25. The Morgan fingerprint density at radius 1 is 1.32 bits per heavy atom. The Labute approximate surface area is 189 Å². The van der Waals surface area contributed by atoms with E-state index in [1.165, 1.54) is 5.56 Å². The predicted molar refractivity (Wildman–Crippen MR) is 126 cm³/mol. The van der Waals surface area contributed by atoms with E-state index in [1.54, 1.807) is 6.33 Å². The molecule has 1 amide bonds. The van der Waals surface area contributed by atoms with Crippen molar-refractivity contribution in [3.05, 3.63) is 40.7 Å². The number of amides is 1. The first-order chi connectivity index (χ1) is 14.8. The molecule has 0 radical (unpaired) electrons. The molecule has 1 atom stereocenters. The lowest BCUT2D eigenvalue weighted by Gasteiger charge is -2.11. The smallest absolute Gasteiger partial charge is 0.407 e. The van der Waals surface area contributed by atoms with Gasteiger partial charge in [-0.2, -0.15) is 0 Å². The van der Waals surface area contributed by atoms with E-state index in [0.717, 1.165) is 18.4 Å². The van der Waals surface area contributed by atoms with Gasteiger partial charge in [0.25, 0.3) is 0 Å². The number of imidazole rings is 1. The normalized spacial score (nSPS) is 11.3. The molecule has 1 aromatic carbocycles. The first-order valence-corrected chi connectivity index (χ1v) is 11.2. The van der Waals surface area contributed by atoms with E-state index in [-0.39, 0.29) is 0 Å². The van der Waals surface area contributed by atoms with E-state index >= 15 is 0 Å². The summed E-state index contributed by atoms with van der Waals surface area (Å²) in [5.74, 6) is 0.920. The van der Waals surface area contributed by atoms with Crippen LogP contribution in [0.15, 0.2) is 24.5 Å². The highest BCUT2D eigenvalue weighted by atomic mass is 35.5. The fourth-order valence-corrected chi connectivity index (χ4v) is 3.72. The standard InChI is InChI=1S/C21H28ClN6O2P/c1-13(2)9-14-5-6-16(22)15(10-14)11-24-21(29)30-8-4-3-7-28-12-25-17-18(23)26-20(31)27-19(17)28/h5-6,10,12-13H,3-4,7-9,11,31H2,1-2H3,(H,24,29)(H2,23,26,27). The molecule has 2 heterocycles. The molecule has 0 aliphatic carbocycles. The monoisotopic (exact) mass is 462 g/mol. The van der Waals surface area contributed by atoms with Crippen molar-refractivity contribution < 1.29 is 9.53 Å². The van der Waals surface area contributed by atoms with Crippen molar-refractivity contribution in [1.82, 2.24) is 24.8 Å². The number of nitrogens with zero attached hydrogens (tertiary/aromatic N) is 4. The second-order valence-electron chi connectivity index (χ2n) is 7.80. The number of carbonyl (C=O) groups is 1. The fraction of sp³-hybridized carbons (Fsp3) is 0.429. The number of fused-ring (bicyclic) bond motifs is 1. The number of alkyl carbamates (subject to hydrolysis) is 1. The van der Waals surface area contributed by atoms with Gasteiger partial charge in [0, 0.05) is 18.1 Å². The minimum Gasteiger partial charge on any atom is -0.450 e. The molecule has 0 bridgehead atoms. The number of nitrogen functional groups attached to an aromatic ring is 1. The number of nitrogens with two attached hydrogens (primary N) is 1. The van der Waals surface area contributed by atoms with Gasteiger partial charge in [0.15, 0.2) is 11.5 Å². The Balaban J connectivity index is 1.40. The summed E-state index contributed by atoms with van der Waals surface area (Å²) in [6.45, 7) is 5.69. The van der Waals surface area contributed by atoms with Gasteiger partial charge in [-0.05, 0) is 42.4 Å². The summed E-state index contributed by atoms with van der Waals surface area (Å²) in [6.07, 6.45) is 3.73. The maximum Gasteiger partial charge on any atom is 0.407 e. The van der Waals surface area contributed by atoms with Crippen molar-refractivity contribution in [2.45, 2.75) is 46.2 Å². The van der Waals surface area contributed by atoms with Gasteiger partial charge in [-0.3, -0.25) is 0 Å². The number of unbranched alkanes of at least 4 members (excludes halogenated alkanes) is 1. The van der Waals surface area contributed by atoms with Crippen LogP contribution >= 0.6 is 20.8 Å². The molecule has 3 rings (SSSR count). The van der Waals surface area contributed by atoms with Crippen molar-refractivity contribution in [2.75, 3.05) is 12.3 Å². The molecule has 166 valence electrons. The lowest BCUT2D eigenvalue weighted by molar-refractivity contribution is 0.143. The summed E-state index contributed by atoms with van der Waals surface area (Å²) in [5.41, 5.74) is 9.80. The number of aryl methyl sites for hydroxylation is 1. The molecule has 1 unspecified atom stereocenters. The Morgan fingerprint density at radius 2 is 2.13 bits per heavy atom. The Morgan fingerprint density at radius 3 is 2.90 bits per heavy atom. The number of anilines is 1. The lowest BCUT2D eigenvalue weighted by Crippen LogP contribution is -2.24. The molecule has 0 fully saturated rings. The highest BCUT2D eigenvalue weighted by molar-refractivity contribution is 7.26. The van der Waals surface area contributed by atoms with Crippen molar-refractivity contribution in [1.29, 1.82) is 0 Å². The molecule has 0 aliphatic rings. The zero-order valence-corrected chi connectivity index (χ0v) is 19.7. The molecule has 0 spiro atoms. The SMILES string of the molecule is CC(C)Cc1ccc(Cl)c(CNC(=O)OCCCCn2cnc3c(N)nc(P)nc32)c1. The first-order valence-electron chi connectivity index (χ1n) is 10.2. The third-order valence-corrected chi connectivity index (χ3v) is 5.34. The molecular weight excluding hydrogens is 435 g/mol. The summed E-state index contributed by atoms with van der Waals surface area (Å²) in [7, 11) is 2.44. The van der Waals surface area contributed by atoms with Crippen LogP contribution in [0.2, 0.25) is 5.02 Å². The molecule has 3 N–H and O–H groups in total. The van der Waals surface area contributed by atoms with E-state index in [9.17, 15) is 4.79 Å². The number of halogens is 1. The van der Waals surface area contributed by atoms with Crippen LogP contribution in [0.4, 0.5) is 10.6 Å². The van der Waals surface area contributed by atoms with Gasteiger partial charge >= 0.3 is 6.09 Å². The van der Waals surface area contributed by atoms with Gasteiger partial charge in [0.05, 0.1) is 12.9 Å². The van der Waals surface area contributed by atoms with E-state index in [1.807, 2.05) is 22.8 Å². The van der Waals surface area contributed by atoms with Gasteiger partial charge < -0.3 is 20.4 Å². The minimum absolute atomic E-state index is 0.325. The average molecular weight is 463 g/mol. The Hall–Kier alpha value is -2.44. The van der Waals surface area contributed by atoms with E-state index in [4.69, 9.17) is 22.1 Å². The highest BCUT2D eigenvalue weighted by Gasteiger charge is 2.10. The predicted octanol–water partition coefficient (Wildman–Crippen LogP) is 3.47. The zero-order valence-electron chi connectivity index (χ0n) is 17.8. The van der Waals surface area contributed by atoms with Crippen molar-refractivity contribution in [3.63, 3.8) is 0 Å². The molecule has 0 saturated carbocycles. The van der Waals surface area contributed by atoms with E-state index in [0.29, 0.717) is 59.6 Å². The van der Waals surface area contributed by atoms with Crippen LogP contribution in [0.25, 0.3) is 11.2 Å². The first kappa shape index (κ1) is 23.2. The molecular formula is C21H28ClN6O2P. The second-order valence-corrected chi connectivity index (χ2v) is 8.72. The Kier molecular flexibility index (Phi) is 8.04. The third-order valence-electron chi connectivity index (χ3n) is 4.71. The quantitative estimate of drug-likeness (QED) is 0.372. The third kappa shape index (κ3) is 6.52. The average Bonchev–Trinajstić information content (AvgIpc) is 3.11. The summed E-state index contributed by atoms with van der Waals surface area (Å²) < 4.78 is 7.20. The maximum atomic E-state index is 12.0. The molecule has 8 nitrogen and oxygen atoms in total. The van der Waals surface area contributed by atoms with E-state index < -0.39 is 6.09 Å². The Bertz CT molecular complexity index is 1060. The second kappa shape index (κ2) is 10.7. The van der Waals surface area contributed by atoms with Crippen LogP contribution in [-0.2, 0) is 24.2 Å². The van der Waals surface area contributed by atoms with Gasteiger partial charge in [-0.15, -0.1) is 0 Å². The number of rotatable bonds is 9. The minimum atomic E-state index is -0.452. The number of hydrogen-bond acceptors (Lipinski definition) is 6. The molecule has 0 aliphatic heterocycles. The van der Waals surface area contributed by atoms with Crippen LogP contribution in [-0.4, -0.2) is 32.2 Å².